The normalized spacial score (nSPS) is 19.6. The van der Waals surface area contributed by atoms with Crippen LogP contribution in [0, 0.1) is 5.82 Å². The predicted molar refractivity (Wildman–Crippen MR) is 114 cm³/mol. The van der Waals surface area contributed by atoms with Crippen molar-refractivity contribution >= 4 is 29.9 Å². The van der Waals surface area contributed by atoms with E-state index in [1.54, 1.807) is 25.4 Å². The van der Waals surface area contributed by atoms with Gasteiger partial charge in [0.05, 0.1) is 11.3 Å². The molecule has 0 amide bonds. The van der Waals surface area contributed by atoms with Crippen LogP contribution in [0.2, 0.25) is 0 Å². The lowest BCUT2D eigenvalue weighted by atomic mass is 10.0. The largest absolute Gasteiger partial charge is 0.444 e. The molecule has 2 N–H and O–H groups in total. The van der Waals surface area contributed by atoms with Crippen molar-refractivity contribution in [3.05, 3.63) is 42.0 Å². The number of guanidine groups is 1. The summed E-state index contributed by atoms with van der Waals surface area (Å²) in [5, 5.41) is 6.58. The summed E-state index contributed by atoms with van der Waals surface area (Å²) in [5.41, 5.74) is 1.47. The number of aromatic nitrogens is 1. The smallest absolute Gasteiger partial charge is 0.226 e. The standard InChI is InChI=1S/C19H25FN4O2.HI/c1-19(9-3-11-26-19)13-23-18(21-2)22-10-8-16-12-25-17(24-16)14-4-6-15(20)7-5-14;/h4-7,12H,3,8-11,13H2,1-2H3,(H2,21,22,23);1H. The maximum Gasteiger partial charge on any atom is 0.226 e. The SMILES string of the molecule is CN=C(NCCc1coc(-c2ccc(F)cc2)n1)NCC1(C)CCCO1.I. The van der Waals surface area contributed by atoms with Crippen LogP contribution in [0.3, 0.4) is 0 Å². The number of aliphatic imine (C=N–C) groups is 1. The van der Waals surface area contributed by atoms with Crippen molar-refractivity contribution in [1.82, 2.24) is 15.6 Å². The zero-order chi connectivity index (χ0) is 18.4. The third-order valence-electron chi connectivity index (χ3n) is 4.47. The Morgan fingerprint density at radius 3 is 2.74 bits per heavy atom. The summed E-state index contributed by atoms with van der Waals surface area (Å²) >= 11 is 0. The molecule has 1 aliphatic rings. The first-order valence-electron chi connectivity index (χ1n) is 8.87. The second kappa shape index (κ2) is 10.0. The molecule has 8 heteroatoms. The molecule has 1 fully saturated rings. The van der Waals surface area contributed by atoms with Crippen LogP contribution in [0.4, 0.5) is 4.39 Å². The molecule has 0 saturated carbocycles. The average molecular weight is 488 g/mol. The number of oxazole rings is 1. The summed E-state index contributed by atoms with van der Waals surface area (Å²) < 4.78 is 24.2. The summed E-state index contributed by atoms with van der Waals surface area (Å²) in [6.45, 7) is 4.34. The van der Waals surface area contributed by atoms with Gasteiger partial charge in [-0.05, 0) is 44.0 Å². The molecule has 1 atom stereocenters. The van der Waals surface area contributed by atoms with Crippen LogP contribution in [0.25, 0.3) is 11.5 Å². The molecule has 1 aromatic carbocycles. The quantitative estimate of drug-likeness (QED) is 0.371. The second-order valence-corrected chi connectivity index (χ2v) is 6.66. The molecule has 148 valence electrons. The lowest BCUT2D eigenvalue weighted by Crippen LogP contribution is -2.45. The van der Waals surface area contributed by atoms with Crippen molar-refractivity contribution in [2.75, 3.05) is 26.7 Å². The molecule has 0 radical (unpaired) electrons. The van der Waals surface area contributed by atoms with Crippen LogP contribution < -0.4 is 10.6 Å². The van der Waals surface area contributed by atoms with Crippen LogP contribution in [-0.4, -0.2) is 43.3 Å². The highest BCUT2D eigenvalue weighted by Gasteiger charge is 2.29. The molecule has 0 bridgehead atoms. The lowest BCUT2D eigenvalue weighted by Gasteiger charge is -2.24. The third kappa shape index (κ3) is 6.17. The van der Waals surface area contributed by atoms with Crippen molar-refractivity contribution in [2.45, 2.75) is 31.8 Å². The van der Waals surface area contributed by atoms with Crippen molar-refractivity contribution in [3.63, 3.8) is 0 Å². The molecular formula is C19H26FIN4O2. The number of nitrogens with one attached hydrogen (secondary N) is 2. The Labute approximate surface area is 176 Å². The van der Waals surface area contributed by atoms with Gasteiger partial charge in [-0.3, -0.25) is 4.99 Å². The fourth-order valence-electron chi connectivity index (χ4n) is 2.92. The molecular weight excluding hydrogens is 462 g/mol. The summed E-state index contributed by atoms with van der Waals surface area (Å²) in [4.78, 5) is 8.68. The number of nitrogens with zero attached hydrogens (tertiary/aromatic N) is 2. The van der Waals surface area contributed by atoms with Gasteiger partial charge in [-0.25, -0.2) is 9.37 Å². The van der Waals surface area contributed by atoms with E-state index < -0.39 is 0 Å². The number of hydrogen-bond acceptors (Lipinski definition) is 4. The number of benzene rings is 1. The van der Waals surface area contributed by atoms with Crippen molar-refractivity contribution in [2.24, 2.45) is 4.99 Å². The Bertz CT molecular complexity index is 742. The molecule has 0 spiro atoms. The Morgan fingerprint density at radius 1 is 1.30 bits per heavy atom. The maximum absolute atomic E-state index is 13.0. The number of ether oxygens (including phenoxy) is 1. The highest BCUT2D eigenvalue weighted by atomic mass is 127. The Hall–Kier alpha value is -1.68. The molecule has 3 rings (SSSR count). The topological polar surface area (TPSA) is 71.7 Å². The van der Waals surface area contributed by atoms with Gasteiger partial charge in [0, 0.05) is 38.7 Å². The number of rotatable bonds is 6. The van der Waals surface area contributed by atoms with Crippen molar-refractivity contribution in [1.29, 1.82) is 0 Å². The van der Waals surface area contributed by atoms with E-state index in [0.29, 0.717) is 18.9 Å². The van der Waals surface area contributed by atoms with Crippen LogP contribution in [-0.2, 0) is 11.2 Å². The Kier molecular flexibility index (Phi) is 8.03. The van der Waals surface area contributed by atoms with E-state index in [1.807, 2.05) is 0 Å². The molecule has 0 aliphatic carbocycles. The van der Waals surface area contributed by atoms with Gasteiger partial charge in [-0.2, -0.15) is 0 Å². The molecule has 1 saturated heterocycles. The molecule has 2 heterocycles. The summed E-state index contributed by atoms with van der Waals surface area (Å²) in [5.74, 6) is 0.957. The van der Waals surface area contributed by atoms with Crippen LogP contribution in [0.1, 0.15) is 25.5 Å². The van der Waals surface area contributed by atoms with Crippen LogP contribution in [0.15, 0.2) is 39.9 Å². The summed E-state index contributed by atoms with van der Waals surface area (Å²) in [7, 11) is 1.75. The van der Waals surface area contributed by atoms with Crippen LogP contribution in [0.5, 0.6) is 0 Å². The van der Waals surface area contributed by atoms with Gasteiger partial charge >= 0.3 is 0 Å². The average Bonchev–Trinajstić information content (AvgIpc) is 3.28. The lowest BCUT2D eigenvalue weighted by molar-refractivity contribution is 0.0243. The first kappa shape index (κ1) is 21.6. The zero-order valence-electron chi connectivity index (χ0n) is 15.6. The van der Waals surface area contributed by atoms with Gasteiger partial charge in [-0.15, -0.1) is 24.0 Å². The molecule has 1 aliphatic heterocycles. The van der Waals surface area contributed by atoms with Crippen molar-refractivity contribution < 1.29 is 13.5 Å². The maximum atomic E-state index is 13.0. The summed E-state index contributed by atoms with van der Waals surface area (Å²) in [6.07, 6.45) is 4.48. The highest BCUT2D eigenvalue weighted by Crippen LogP contribution is 2.23. The van der Waals surface area contributed by atoms with Crippen LogP contribution >= 0.6 is 24.0 Å². The second-order valence-electron chi connectivity index (χ2n) is 6.66. The number of hydrogen-bond donors (Lipinski definition) is 2. The first-order chi connectivity index (χ1) is 12.6. The fourth-order valence-corrected chi connectivity index (χ4v) is 2.92. The van der Waals surface area contributed by atoms with Gasteiger partial charge in [0.15, 0.2) is 5.96 Å². The minimum absolute atomic E-state index is 0. The molecule has 1 aromatic heterocycles. The molecule has 27 heavy (non-hydrogen) atoms. The van der Waals surface area contributed by atoms with E-state index in [4.69, 9.17) is 9.15 Å². The minimum Gasteiger partial charge on any atom is -0.444 e. The minimum atomic E-state index is -0.277. The number of halogens is 2. The monoisotopic (exact) mass is 488 g/mol. The molecule has 2 aromatic rings. The van der Waals surface area contributed by atoms with Gasteiger partial charge in [0.25, 0.3) is 0 Å². The molecule has 6 nitrogen and oxygen atoms in total. The summed E-state index contributed by atoms with van der Waals surface area (Å²) in [6, 6.07) is 6.09. The van der Waals surface area contributed by atoms with E-state index >= 15 is 0 Å². The predicted octanol–water partition coefficient (Wildman–Crippen LogP) is 3.38. The third-order valence-corrected chi connectivity index (χ3v) is 4.47. The van der Waals surface area contributed by atoms with Gasteiger partial charge in [0.1, 0.15) is 12.1 Å². The van der Waals surface area contributed by atoms with Gasteiger partial charge in [-0.1, -0.05) is 0 Å². The van der Waals surface area contributed by atoms with E-state index in [-0.39, 0.29) is 35.4 Å². The van der Waals surface area contributed by atoms with Crippen molar-refractivity contribution in [3.8, 4) is 11.5 Å². The Morgan fingerprint density at radius 2 is 2.07 bits per heavy atom. The van der Waals surface area contributed by atoms with Gasteiger partial charge < -0.3 is 19.8 Å². The highest BCUT2D eigenvalue weighted by molar-refractivity contribution is 14.0. The van der Waals surface area contributed by atoms with E-state index in [0.717, 1.165) is 43.2 Å². The zero-order valence-corrected chi connectivity index (χ0v) is 18.0. The Balaban J connectivity index is 0.00000261. The molecule has 1 unspecified atom stereocenters. The van der Waals surface area contributed by atoms with E-state index in [1.165, 1.54) is 12.1 Å². The van der Waals surface area contributed by atoms with E-state index in [2.05, 4.69) is 27.5 Å². The first-order valence-corrected chi connectivity index (χ1v) is 8.87. The fraction of sp³-hybridized carbons (Fsp3) is 0.474. The van der Waals surface area contributed by atoms with Gasteiger partial charge in [0.2, 0.25) is 5.89 Å². The van der Waals surface area contributed by atoms with E-state index in [9.17, 15) is 4.39 Å².